The highest BCUT2D eigenvalue weighted by Gasteiger charge is 2.36. The third-order valence-electron chi connectivity index (χ3n) is 3.57. The van der Waals surface area contributed by atoms with Gasteiger partial charge in [0.05, 0.1) is 6.61 Å². The second-order valence-electron chi connectivity index (χ2n) is 5.41. The Hall–Kier alpha value is -3.41. The lowest BCUT2D eigenvalue weighted by molar-refractivity contribution is -0.139. The summed E-state index contributed by atoms with van der Waals surface area (Å²) in [6, 6.07) is 14.5. The molecule has 0 aromatic heterocycles. The molecular formula is C20H16FNO4. The Balaban J connectivity index is 1.93. The lowest BCUT2D eigenvalue weighted by Gasteiger charge is -2.08. The van der Waals surface area contributed by atoms with E-state index in [0.29, 0.717) is 11.3 Å². The highest BCUT2D eigenvalue weighted by Crippen LogP contribution is 2.28. The zero-order valence-corrected chi connectivity index (χ0v) is 14.0. The Morgan fingerprint density at radius 2 is 1.85 bits per heavy atom. The van der Waals surface area contributed by atoms with Crippen LogP contribution in [-0.4, -0.2) is 18.4 Å². The van der Waals surface area contributed by atoms with Crippen LogP contribution in [0.3, 0.4) is 0 Å². The topological polar surface area (TPSA) is 64.6 Å². The molecular weight excluding hydrogens is 337 g/mol. The fraction of sp³-hybridized carbons (Fsp3) is 0.100. The van der Waals surface area contributed by atoms with Gasteiger partial charge >= 0.3 is 5.97 Å². The summed E-state index contributed by atoms with van der Waals surface area (Å²) in [6.07, 6.45) is 1.45. The van der Waals surface area contributed by atoms with E-state index in [1.807, 2.05) is 6.07 Å². The average molecular weight is 353 g/mol. The summed E-state index contributed by atoms with van der Waals surface area (Å²) in [5.41, 5.74) is 1.02. The normalized spacial score (nSPS) is 15.2. The molecule has 0 amide bonds. The van der Waals surface area contributed by atoms with Gasteiger partial charge in [-0.15, -0.1) is 0 Å². The zero-order valence-electron chi connectivity index (χ0n) is 14.0. The number of benzene rings is 2. The van der Waals surface area contributed by atoms with Crippen LogP contribution in [0.1, 0.15) is 12.5 Å². The number of nitrogens with one attached hydrogen (secondary N) is 1. The van der Waals surface area contributed by atoms with Crippen LogP contribution in [0.25, 0.3) is 6.08 Å². The predicted octanol–water partition coefficient (Wildman–Crippen LogP) is 3.65. The van der Waals surface area contributed by atoms with Crippen molar-refractivity contribution in [2.45, 2.75) is 6.92 Å². The van der Waals surface area contributed by atoms with Crippen molar-refractivity contribution in [1.29, 1.82) is 0 Å². The number of ether oxygens (including phenoxy) is 2. The second kappa shape index (κ2) is 7.65. The number of ketones is 1. The average Bonchev–Trinajstić information content (AvgIpc) is 2.93. The minimum Gasteiger partial charge on any atom is -0.462 e. The van der Waals surface area contributed by atoms with Crippen molar-refractivity contribution in [1.82, 2.24) is 0 Å². The molecule has 0 aliphatic carbocycles. The van der Waals surface area contributed by atoms with Gasteiger partial charge in [-0.3, -0.25) is 4.79 Å². The SMILES string of the molecule is CCOC(=O)C1=C(Nc2ccccc2)OC(=Cc2ccc(F)cc2)C1=O. The Morgan fingerprint density at radius 3 is 2.50 bits per heavy atom. The molecule has 1 aliphatic heterocycles. The van der Waals surface area contributed by atoms with Gasteiger partial charge in [0.15, 0.2) is 11.3 Å². The molecule has 0 bridgehead atoms. The molecule has 2 aromatic carbocycles. The number of anilines is 1. The molecule has 1 N–H and O–H groups in total. The molecule has 0 radical (unpaired) electrons. The van der Waals surface area contributed by atoms with Crippen molar-refractivity contribution in [3.8, 4) is 0 Å². The van der Waals surface area contributed by atoms with E-state index in [1.54, 1.807) is 31.2 Å². The number of rotatable bonds is 5. The molecule has 132 valence electrons. The maximum atomic E-state index is 13.0. The van der Waals surface area contributed by atoms with E-state index < -0.39 is 11.8 Å². The molecule has 0 unspecified atom stereocenters. The highest BCUT2D eigenvalue weighted by molar-refractivity contribution is 6.26. The predicted molar refractivity (Wildman–Crippen MR) is 94.2 cm³/mol. The zero-order chi connectivity index (χ0) is 18.5. The van der Waals surface area contributed by atoms with Crippen molar-refractivity contribution in [2.24, 2.45) is 0 Å². The molecule has 0 atom stereocenters. The smallest absolute Gasteiger partial charge is 0.347 e. The quantitative estimate of drug-likeness (QED) is 0.505. The number of esters is 1. The van der Waals surface area contributed by atoms with E-state index in [-0.39, 0.29) is 29.6 Å². The third kappa shape index (κ3) is 3.80. The minimum atomic E-state index is -0.765. The van der Waals surface area contributed by atoms with E-state index in [1.165, 1.54) is 30.3 Å². The lowest BCUT2D eigenvalue weighted by atomic mass is 10.1. The molecule has 5 nitrogen and oxygen atoms in total. The van der Waals surface area contributed by atoms with Gasteiger partial charge in [0.1, 0.15) is 5.82 Å². The summed E-state index contributed by atoms with van der Waals surface area (Å²) < 4.78 is 23.6. The van der Waals surface area contributed by atoms with Gasteiger partial charge in [-0.2, -0.15) is 0 Å². The van der Waals surface area contributed by atoms with Crippen LogP contribution in [0, 0.1) is 5.82 Å². The lowest BCUT2D eigenvalue weighted by Crippen LogP contribution is -2.16. The van der Waals surface area contributed by atoms with Crippen molar-refractivity contribution in [2.75, 3.05) is 11.9 Å². The van der Waals surface area contributed by atoms with Gasteiger partial charge < -0.3 is 14.8 Å². The van der Waals surface area contributed by atoms with Crippen LogP contribution in [0.4, 0.5) is 10.1 Å². The van der Waals surface area contributed by atoms with E-state index in [0.717, 1.165) is 0 Å². The van der Waals surface area contributed by atoms with Gasteiger partial charge in [0.25, 0.3) is 0 Å². The maximum Gasteiger partial charge on any atom is 0.347 e. The number of Topliss-reactive ketones (excluding diaryl/α,β-unsaturated/α-hetero) is 1. The molecule has 1 aliphatic rings. The Bertz CT molecular complexity index is 886. The summed E-state index contributed by atoms with van der Waals surface area (Å²) in [7, 11) is 0. The molecule has 0 spiro atoms. The van der Waals surface area contributed by atoms with Gasteiger partial charge in [0, 0.05) is 5.69 Å². The first-order valence-electron chi connectivity index (χ1n) is 8.01. The molecule has 0 fully saturated rings. The number of halogens is 1. The standard InChI is InChI=1S/C20H16FNO4/c1-2-25-20(24)17-18(23)16(12-13-8-10-14(21)11-9-13)26-19(17)22-15-6-4-3-5-7-15/h3-12,22H,2H2,1H3. The molecule has 0 saturated heterocycles. The number of hydrogen-bond acceptors (Lipinski definition) is 5. The van der Waals surface area contributed by atoms with Gasteiger partial charge in [-0.05, 0) is 42.8 Å². The largest absolute Gasteiger partial charge is 0.462 e. The van der Waals surface area contributed by atoms with Crippen molar-refractivity contribution >= 4 is 23.5 Å². The van der Waals surface area contributed by atoms with E-state index in [9.17, 15) is 14.0 Å². The van der Waals surface area contributed by atoms with Crippen LogP contribution in [-0.2, 0) is 19.1 Å². The first-order valence-corrected chi connectivity index (χ1v) is 8.01. The van der Waals surface area contributed by atoms with E-state index in [4.69, 9.17) is 9.47 Å². The Labute approximate surface area is 149 Å². The Morgan fingerprint density at radius 1 is 1.15 bits per heavy atom. The fourth-order valence-electron chi connectivity index (χ4n) is 2.37. The number of hydrogen-bond donors (Lipinski definition) is 1. The van der Waals surface area contributed by atoms with Crippen LogP contribution in [0.5, 0.6) is 0 Å². The van der Waals surface area contributed by atoms with E-state index in [2.05, 4.69) is 5.32 Å². The van der Waals surface area contributed by atoms with Crippen molar-refractivity contribution in [3.63, 3.8) is 0 Å². The molecule has 2 aromatic rings. The number of carbonyl (C=O) groups excluding carboxylic acids is 2. The van der Waals surface area contributed by atoms with Crippen LogP contribution in [0.15, 0.2) is 71.8 Å². The first kappa shape index (κ1) is 17.4. The van der Waals surface area contributed by atoms with E-state index >= 15 is 0 Å². The van der Waals surface area contributed by atoms with Crippen molar-refractivity contribution in [3.05, 3.63) is 83.2 Å². The molecule has 3 rings (SSSR count). The minimum absolute atomic E-state index is 0.00742. The summed E-state index contributed by atoms with van der Waals surface area (Å²) in [6.45, 7) is 1.78. The number of allylic oxidation sites excluding steroid dienone is 1. The second-order valence-corrected chi connectivity index (χ2v) is 5.41. The molecule has 6 heteroatoms. The number of carbonyl (C=O) groups is 2. The third-order valence-corrected chi connectivity index (χ3v) is 3.57. The highest BCUT2D eigenvalue weighted by atomic mass is 19.1. The fourth-order valence-corrected chi connectivity index (χ4v) is 2.37. The van der Waals surface area contributed by atoms with Gasteiger partial charge in [-0.25, -0.2) is 9.18 Å². The molecule has 26 heavy (non-hydrogen) atoms. The first-order chi connectivity index (χ1) is 12.6. The molecule has 0 saturated carbocycles. The number of para-hydroxylation sites is 1. The van der Waals surface area contributed by atoms with Crippen molar-refractivity contribution < 1.29 is 23.5 Å². The monoisotopic (exact) mass is 353 g/mol. The van der Waals surface area contributed by atoms with Gasteiger partial charge in [-0.1, -0.05) is 30.3 Å². The summed E-state index contributed by atoms with van der Waals surface area (Å²) in [5, 5.41) is 2.92. The van der Waals surface area contributed by atoms with Crippen LogP contribution >= 0.6 is 0 Å². The maximum absolute atomic E-state index is 13.0. The summed E-state index contributed by atoms with van der Waals surface area (Å²) in [4.78, 5) is 24.8. The molecule has 1 heterocycles. The summed E-state index contributed by atoms with van der Waals surface area (Å²) >= 11 is 0. The van der Waals surface area contributed by atoms with Crippen LogP contribution < -0.4 is 5.32 Å². The van der Waals surface area contributed by atoms with Crippen LogP contribution in [0.2, 0.25) is 0 Å². The Kier molecular flexibility index (Phi) is 5.12. The summed E-state index contributed by atoms with van der Waals surface area (Å²) in [5.74, 6) is -1.78. The van der Waals surface area contributed by atoms with Gasteiger partial charge in [0.2, 0.25) is 11.7 Å².